The van der Waals surface area contributed by atoms with Crippen LogP contribution in [0, 0.1) is 11.8 Å². The number of rotatable bonds is 22. The lowest BCUT2D eigenvalue weighted by molar-refractivity contribution is -0.181. The summed E-state index contributed by atoms with van der Waals surface area (Å²) in [5.41, 5.74) is 0. The van der Waals surface area contributed by atoms with Gasteiger partial charge in [-0.1, -0.05) is 13.2 Å². The van der Waals surface area contributed by atoms with Gasteiger partial charge in [0.2, 0.25) is 0 Å². The molecule has 0 radical (unpaired) electrons. The van der Waals surface area contributed by atoms with E-state index in [0.29, 0.717) is 25.0 Å². The predicted octanol–water partition coefficient (Wildman–Crippen LogP) is 2.71. The first kappa shape index (κ1) is 38.2. The molecule has 248 valence electrons. The molecule has 44 heavy (non-hydrogen) atoms. The van der Waals surface area contributed by atoms with Crippen molar-refractivity contribution >= 4 is 35.8 Å². The minimum atomic E-state index is -0.766. The van der Waals surface area contributed by atoms with E-state index < -0.39 is 48.4 Å². The minimum Gasteiger partial charge on any atom is -0.462 e. The van der Waals surface area contributed by atoms with Crippen LogP contribution < -0.4 is 0 Å². The van der Waals surface area contributed by atoms with Crippen LogP contribution in [-0.2, 0) is 66.7 Å². The van der Waals surface area contributed by atoms with Crippen LogP contribution in [0.15, 0.2) is 25.3 Å². The summed E-state index contributed by atoms with van der Waals surface area (Å²) in [4.78, 5) is 69.1. The molecule has 1 saturated carbocycles. The van der Waals surface area contributed by atoms with E-state index in [2.05, 4.69) is 22.6 Å². The molecular weight excluding hydrogens is 584 g/mol. The Kier molecular flexibility index (Phi) is 19.7. The van der Waals surface area contributed by atoms with E-state index >= 15 is 0 Å². The van der Waals surface area contributed by atoms with Crippen LogP contribution in [0.25, 0.3) is 0 Å². The van der Waals surface area contributed by atoms with Gasteiger partial charge in [0.15, 0.2) is 12.6 Å². The van der Waals surface area contributed by atoms with Crippen molar-refractivity contribution in [3.8, 4) is 0 Å². The highest BCUT2D eigenvalue weighted by molar-refractivity contribution is 5.81. The van der Waals surface area contributed by atoms with Crippen LogP contribution in [0.5, 0.6) is 0 Å². The number of carbonyl (C=O) groups excluding carboxylic acids is 6. The molecule has 0 spiro atoms. The van der Waals surface area contributed by atoms with Gasteiger partial charge in [0, 0.05) is 12.2 Å². The Morgan fingerprint density at radius 1 is 0.568 bits per heavy atom. The third kappa shape index (κ3) is 19.4. The topological polar surface area (TPSA) is 176 Å². The number of hydrogen-bond donors (Lipinski definition) is 0. The molecule has 0 aromatic carbocycles. The van der Waals surface area contributed by atoms with Crippen LogP contribution in [0.1, 0.15) is 65.2 Å². The van der Waals surface area contributed by atoms with Crippen molar-refractivity contribution in [3.05, 3.63) is 25.3 Å². The zero-order valence-electron chi connectivity index (χ0n) is 25.5. The zero-order chi connectivity index (χ0) is 32.7. The van der Waals surface area contributed by atoms with Crippen LogP contribution in [0.2, 0.25) is 0 Å². The first-order valence-corrected chi connectivity index (χ1v) is 14.5. The van der Waals surface area contributed by atoms with E-state index in [9.17, 15) is 28.8 Å². The second kappa shape index (κ2) is 22.7. The number of carbonyl (C=O) groups is 6. The number of esters is 6. The van der Waals surface area contributed by atoms with Gasteiger partial charge in [0.05, 0.1) is 38.9 Å². The van der Waals surface area contributed by atoms with Crippen LogP contribution in [0.3, 0.4) is 0 Å². The Bertz CT molecular complexity index is 877. The smallest absolute Gasteiger partial charge is 0.330 e. The molecule has 1 aliphatic rings. The molecule has 14 heteroatoms. The van der Waals surface area contributed by atoms with E-state index in [1.165, 1.54) is 0 Å². The maximum atomic E-state index is 12.0. The fourth-order valence-electron chi connectivity index (χ4n) is 3.93. The highest BCUT2D eigenvalue weighted by Crippen LogP contribution is 2.29. The average molecular weight is 629 g/mol. The quantitative estimate of drug-likeness (QED) is 0.0562. The molecule has 1 rings (SSSR count). The lowest BCUT2D eigenvalue weighted by atomic mass is 9.83. The lowest BCUT2D eigenvalue weighted by Crippen LogP contribution is -2.27. The Labute approximate surface area is 257 Å². The first-order valence-electron chi connectivity index (χ1n) is 14.5. The van der Waals surface area contributed by atoms with Crippen LogP contribution in [-0.4, -0.2) is 88.0 Å². The molecule has 0 amide bonds. The predicted molar refractivity (Wildman–Crippen MR) is 151 cm³/mol. The summed E-state index contributed by atoms with van der Waals surface area (Å²) >= 11 is 0. The summed E-state index contributed by atoms with van der Waals surface area (Å²) in [5, 5.41) is 0. The molecule has 0 saturated heterocycles. The molecule has 0 heterocycles. The van der Waals surface area contributed by atoms with Gasteiger partial charge in [-0.2, -0.15) is 0 Å². The van der Waals surface area contributed by atoms with Crippen molar-refractivity contribution < 1.29 is 66.7 Å². The summed E-state index contributed by atoms with van der Waals surface area (Å²) in [7, 11) is 0. The van der Waals surface area contributed by atoms with E-state index in [1.807, 2.05) is 0 Å². The maximum Gasteiger partial charge on any atom is 0.330 e. The van der Waals surface area contributed by atoms with Crippen molar-refractivity contribution in [3.63, 3.8) is 0 Å². The maximum absolute atomic E-state index is 12.0. The zero-order valence-corrected chi connectivity index (χ0v) is 25.5. The fraction of sp³-hybridized carbons (Fsp3) is 0.667. The monoisotopic (exact) mass is 628 g/mol. The summed E-state index contributed by atoms with van der Waals surface area (Å²) in [5.74, 6) is -3.06. The van der Waals surface area contributed by atoms with E-state index in [0.717, 1.165) is 37.8 Å². The molecule has 2 unspecified atom stereocenters. The van der Waals surface area contributed by atoms with Crippen molar-refractivity contribution in [1.82, 2.24) is 0 Å². The summed E-state index contributed by atoms with van der Waals surface area (Å²) in [6, 6.07) is 0. The van der Waals surface area contributed by atoms with Crippen molar-refractivity contribution in [2.45, 2.75) is 77.8 Å². The van der Waals surface area contributed by atoms with Crippen LogP contribution in [0.4, 0.5) is 0 Å². The van der Waals surface area contributed by atoms with E-state index in [-0.39, 0.29) is 52.1 Å². The molecule has 0 N–H and O–H groups in total. The van der Waals surface area contributed by atoms with Crippen molar-refractivity contribution in [1.29, 1.82) is 0 Å². The van der Waals surface area contributed by atoms with Crippen molar-refractivity contribution in [2.75, 3.05) is 39.6 Å². The Hall–Kier alpha value is -3.78. The molecule has 0 aliphatic heterocycles. The second-order valence-electron chi connectivity index (χ2n) is 9.85. The molecule has 0 aromatic heterocycles. The number of hydrogen-bond acceptors (Lipinski definition) is 14. The van der Waals surface area contributed by atoms with E-state index in [1.54, 1.807) is 13.8 Å². The van der Waals surface area contributed by atoms with Gasteiger partial charge in [-0.15, -0.1) is 0 Å². The standard InChI is InChI=1S/C30H44O14/c1-5-25(31)37-15-17-39-27(33)11-13-29(35)43-21(3)41-19-23-7-9-24(10-8-23)20-42-22(4)44-30(36)14-12-28(34)40-18-16-38-26(32)6-2/h5-6,21-24H,1-2,7-20H2,3-4H3. The SMILES string of the molecule is C=CC(=O)OCCOC(=O)CCC(=O)OC(C)OCC1CCC(COC(C)OC(=O)CCC(=O)OCCOC(=O)C=C)CC1. The molecule has 0 bridgehead atoms. The first-order chi connectivity index (χ1) is 21.0. The van der Waals surface area contributed by atoms with Gasteiger partial charge in [0.25, 0.3) is 0 Å². The highest BCUT2D eigenvalue weighted by atomic mass is 16.7. The van der Waals surface area contributed by atoms with Crippen molar-refractivity contribution in [2.24, 2.45) is 11.8 Å². The average Bonchev–Trinajstić information content (AvgIpc) is 3.01. The van der Waals surface area contributed by atoms with Gasteiger partial charge in [-0.05, 0) is 51.4 Å². The van der Waals surface area contributed by atoms with Gasteiger partial charge in [0.1, 0.15) is 26.4 Å². The normalized spacial score (nSPS) is 17.2. The lowest BCUT2D eigenvalue weighted by Gasteiger charge is -2.29. The van der Waals surface area contributed by atoms with Gasteiger partial charge in [-0.25, -0.2) is 9.59 Å². The fourth-order valence-corrected chi connectivity index (χ4v) is 3.93. The Morgan fingerprint density at radius 3 is 1.23 bits per heavy atom. The van der Waals surface area contributed by atoms with Gasteiger partial charge >= 0.3 is 35.8 Å². The number of ether oxygens (including phenoxy) is 8. The molecular formula is C30H44O14. The molecule has 1 fully saturated rings. The third-order valence-corrected chi connectivity index (χ3v) is 6.28. The molecule has 2 atom stereocenters. The summed E-state index contributed by atoms with van der Waals surface area (Å²) in [6.45, 7) is 10.1. The second-order valence-corrected chi connectivity index (χ2v) is 9.85. The van der Waals surface area contributed by atoms with Gasteiger partial charge < -0.3 is 37.9 Å². The Balaban J connectivity index is 2.10. The van der Waals surface area contributed by atoms with Crippen LogP contribution >= 0.6 is 0 Å². The van der Waals surface area contributed by atoms with Gasteiger partial charge in [-0.3, -0.25) is 19.2 Å². The molecule has 14 nitrogen and oxygen atoms in total. The van der Waals surface area contributed by atoms with E-state index in [4.69, 9.17) is 28.4 Å². The minimum absolute atomic E-state index is 0.0991. The largest absolute Gasteiger partial charge is 0.462 e. The summed E-state index contributed by atoms with van der Waals surface area (Å²) < 4.78 is 40.8. The third-order valence-electron chi connectivity index (χ3n) is 6.28. The Morgan fingerprint density at radius 2 is 0.886 bits per heavy atom. The highest BCUT2D eigenvalue weighted by Gasteiger charge is 2.24. The molecule has 0 aromatic rings. The summed E-state index contributed by atoms with van der Waals surface area (Å²) in [6.07, 6.45) is 3.37. The molecule has 1 aliphatic carbocycles.